The Balaban J connectivity index is 0.000001000. The van der Waals surface area contributed by atoms with Crippen LogP contribution in [0.4, 0.5) is 0 Å². The number of hydrogen-bond acceptors (Lipinski definition) is 1. The molecule has 1 radical (unpaired) electrons. The third-order valence-electron chi connectivity index (χ3n) is 1.95. The van der Waals surface area contributed by atoms with E-state index in [1.165, 1.54) is 26.1 Å². The van der Waals surface area contributed by atoms with Gasteiger partial charge in [0.25, 0.3) is 0 Å². The molecule has 2 heteroatoms. The van der Waals surface area contributed by atoms with Crippen LogP contribution in [0.15, 0.2) is 0 Å². The molecule has 0 unspecified atom stereocenters. The van der Waals surface area contributed by atoms with Gasteiger partial charge in [0, 0.05) is 20.4 Å². The van der Waals surface area contributed by atoms with Crippen LogP contribution in [0.25, 0.3) is 0 Å². The molecule has 11 heavy (non-hydrogen) atoms. The Morgan fingerprint density at radius 2 is 1.82 bits per heavy atom. The van der Waals surface area contributed by atoms with E-state index >= 15 is 0 Å². The number of rotatable bonds is 2. The van der Waals surface area contributed by atoms with Crippen molar-refractivity contribution in [3.05, 3.63) is 6.42 Å². The maximum absolute atomic E-state index is 2.48. The standard InChI is InChI=1S/C9H18N.Re/c1-9(2,3)5-8-10-6-4-7-10;/h4H,5-8H2,1-3H3;/q-1;. The molecule has 0 aromatic carbocycles. The summed E-state index contributed by atoms with van der Waals surface area (Å²) in [7, 11) is 0. The summed E-state index contributed by atoms with van der Waals surface area (Å²) >= 11 is 0. The van der Waals surface area contributed by atoms with Gasteiger partial charge in [-0.05, 0) is 18.4 Å². The molecule has 1 aliphatic heterocycles. The van der Waals surface area contributed by atoms with Crippen molar-refractivity contribution in [2.45, 2.75) is 27.2 Å². The molecular weight excluding hydrogens is 308 g/mol. The van der Waals surface area contributed by atoms with Gasteiger partial charge in [0.05, 0.1) is 0 Å². The summed E-state index contributed by atoms with van der Waals surface area (Å²) in [4.78, 5) is 2.48. The van der Waals surface area contributed by atoms with Gasteiger partial charge in [0.15, 0.2) is 0 Å². The Kier molecular flexibility index (Phi) is 4.86. The van der Waals surface area contributed by atoms with Crippen molar-refractivity contribution in [3.8, 4) is 0 Å². The minimum atomic E-state index is 0. The van der Waals surface area contributed by atoms with E-state index in [1.54, 1.807) is 0 Å². The van der Waals surface area contributed by atoms with Gasteiger partial charge in [-0.15, -0.1) is 13.1 Å². The molecule has 1 fully saturated rings. The molecule has 1 rings (SSSR count). The van der Waals surface area contributed by atoms with E-state index in [0.717, 1.165) is 0 Å². The molecule has 1 heterocycles. The van der Waals surface area contributed by atoms with Gasteiger partial charge < -0.3 is 11.3 Å². The maximum atomic E-state index is 2.48. The Bertz CT molecular complexity index is 103. The maximum Gasteiger partial charge on any atom is 0 e. The van der Waals surface area contributed by atoms with Crippen molar-refractivity contribution >= 4 is 0 Å². The van der Waals surface area contributed by atoms with E-state index in [9.17, 15) is 0 Å². The summed E-state index contributed by atoms with van der Waals surface area (Å²) in [6, 6.07) is 0. The van der Waals surface area contributed by atoms with Crippen LogP contribution in [-0.2, 0) is 20.4 Å². The van der Waals surface area contributed by atoms with Gasteiger partial charge in [-0.2, -0.15) is 0 Å². The predicted octanol–water partition coefficient (Wildman–Crippen LogP) is 1.94. The molecule has 0 bridgehead atoms. The zero-order chi connectivity index (χ0) is 7.61. The van der Waals surface area contributed by atoms with Gasteiger partial charge in [-0.25, -0.2) is 0 Å². The van der Waals surface area contributed by atoms with Gasteiger partial charge in [0.2, 0.25) is 0 Å². The van der Waals surface area contributed by atoms with Crippen molar-refractivity contribution < 1.29 is 20.4 Å². The Labute approximate surface area is 84.2 Å². The van der Waals surface area contributed by atoms with E-state index in [1.807, 2.05) is 0 Å². The normalized spacial score (nSPS) is 18.8. The first-order valence-corrected chi connectivity index (χ1v) is 4.12. The van der Waals surface area contributed by atoms with Crippen molar-refractivity contribution in [1.82, 2.24) is 4.90 Å². The van der Waals surface area contributed by atoms with Crippen molar-refractivity contribution in [3.63, 3.8) is 0 Å². The van der Waals surface area contributed by atoms with Crippen molar-refractivity contribution in [1.29, 1.82) is 0 Å². The second-order valence-corrected chi connectivity index (χ2v) is 4.36. The topological polar surface area (TPSA) is 3.24 Å². The molecule has 0 aromatic heterocycles. The van der Waals surface area contributed by atoms with Gasteiger partial charge in [0.1, 0.15) is 0 Å². The zero-order valence-electron chi connectivity index (χ0n) is 7.73. The average molecular weight is 326 g/mol. The number of nitrogens with zero attached hydrogens (tertiary/aromatic N) is 1. The molecule has 1 saturated heterocycles. The first kappa shape index (κ1) is 11.6. The summed E-state index contributed by atoms with van der Waals surface area (Å²) in [5, 5.41) is 0. The summed E-state index contributed by atoms with van der Waals surface area (Å²) in [6.45, 7) is 10.6. The monoisotopic (exact) mass is 327 g/mol. The van der Waals surface area contributed by atoms with E-state index in [-0.39, 0.29) is 20.4 Å². The van der Waals surface area contributed by atoms with Gasteiger partial charge >= 0.3 is 0 Å². The Morgan fingerprint density at radius 1 is 1.27 bits per heavy atom. The first-order valence-electron chi connectivity index (χ1n) is 4.12. The number of likely N-dealkylation sites (tertiary alicyclic amines) is 1. The second kappa shape index (κ2) is 4.60. The molecule has 0 atom stereocenters. The van der Waals surface area contributed by atoms with Crippen molar-refractivity contribution in [2.24, 2.45) is 5.41 Å². The predicted molar refractivity (Wildman–Crippen MR) is 44.8 cm³/mol. The minimum absolute atomic E-state index is 0. The molecule has 0 spiro atoms. The zero-order valence-corrected chi connectivity index (χ0v) is 10.4. The van der Waals surface area contributed by atoms with Crippen molar-refractivity contribution in [2.75, 3.05) is 19.6 Å². The van der Waals surface area contributed by atoms with Crippen LogP contribution in [0, 0.1) is 11.8 Å². The molecule has 0 aliphatic carbocycles. The van der Waals surface area contributed by atoms with Crippen LogP contribution >= 0.6 is 0 Å². The first-order chi connectivity index (χ1) is 4.58. The third-order valence-corrected chi connectivity index (χ3v) is 1.95. The van der Waals surface area contributed by atoms with E-state index in [4.69, 9.17) is 0 Å². The number of hydrogen-bond donors (Lipinski definition) is 0. The summed E-state index contributed by atoms with van der Waals surface area (Å²) < 4.78 is 0. The fourth-order valence-electron chi connectivity index (χ4n) is 0.988. The van der Waals surface area contributed by atoms with Gasteiger partial charge in [-0.3, -0.25) is 0 Å². The molecule has 1 aliphatic rings. The van der Waals surface area contributed by atoms with Crippen LogP contribution < -0.4 is 0 Å². The van der Waals surface area contributed by atoms with Gasteiger partial charge in [-0.1, -0.05) is 20.8 Å². The fourth-order valence-corrected chi connectivity index (χ4v) is 0.988. The molecule has 0 saturated carbocycles. The quantitative estimate of drug-likeness (QED) is 0.701. The Morgan fingerprint density at radius 3 is 2.09 bits per heavy atom. The second-order valence-electron chi connectivity index (χ2n) is 4.36. The minimum Gasteiger partial charge on any atom is -0.362 e. The largest absolute Gasteiger partial charge is 0.362 e. The molecular formula is C9H18NRe-. The smallest absolute Gasteiger partial charge is 0 e. The molecule has 0 amide bonds. The molecule has 67 valence electrons. The van der Waals surface area contributed by atoms with Crippen LogP contribution in [-0.4, -0.2) is 24.5 Å². The fraction of sp³-hybridized carbons (Fsp3) is 0.889. The van der Waals surface area contributed by atoms with Crippen LogP contribution in [0.2, 0.25) is 0 Å². The van der Waals surface area contributed by atoms with Crippen LogP contribution in [0.3, 0.4) is 0 Å². The third kappa shape index (κ3) is 4.96. The molecule has 0 N–H and O–H groups in total. The summed E-state index contributed by atoms with van der Waals surface area (Å²) in [5.74, 6) is 0. The summed E-state index contributed by atoms with van der Waals surface area (Å²) in [6.07, 6.45) is 3.64. The average Bonchev–Trinajstić information content (AvgIpc) is 1.56. The van der Waals surface area contributed by atoms with Crippen LogP contribution in [0.1, 0.15) is 27.2 Å². The molecule has 0 aromatic rings. The Hall–Kier alpha value is 0.622. The van der Waals surface area contributed by atoms with E-state index < -0.39 is 0 Å². The van der Waals surface area contributed by atoms with E-state index in [2.05, 4.69) is 32.1 Å². The SMILES string of the molecule is CC(C)(C)CCN1C[CH-]C1.[Re]. The van der Waals surface area contributed by atoms with E-state index in [0.29, 0.717) is 5.41 Å². The summed E-state index contributed by atoms with van der Waals surface area (Å²) in [5.41, 5.74) is 0.510. The van der Waals surface area contributed by atoms with Crippen LogP contribution in [0.5, 0.6) is 0 Å². The molecule has 1 nitrogen and oxygen atoms in total.